The molecule has 0 amide bonds. The van der Waals surface area contributed by atoms with E-state index in [-0.39, 0.29) is 6.04 Å². The highest BCUT2D eigenvalue weighted by Gasteiger charge is 2.19. The number of nitriles is 1. The van der Waals surface area contributed by atoms with Gasteiger partial charge in [-0.1, -0.05) is 25.1 Å². The molecular formula is C15H22N4. The normalized spacial score (nSPS) is 18.0. The first-order chi connectivity index (χ1) is 9.33. The fraction of sp³-hybridized carbons (Fsp3) is 0.533. The van der Waals surface area contributed by atoms with Crippen molar-refractivity contribution in [1.82, 2.24) is 10.2 Å². The summed E-state index contributed by atoms with van der Waals surface area (Å²) in [4.78, 5) is 4.78. The van der Waals surface area contributed by atoms with Gasteiger partial charge in [0.25, 0.3) is 0 Å². The van der Waals surface area contributed by atoms with Gasteiger partial charge in [0.1, 0.15) is 6.04 Å². The van der Waals surface area contributed by atoms with E-state index in [0.717, 1.165) is 39.3 Å². The predicted octanol–water partition coefficient (Wildman–Crippen LogP) is 1.31. The van der Waals surface area contributed by atoms with Crippen molar-refractivity contribution in [2.45, 2.75) is 13.0 Å². The van der Waals surface area contributed by atoms with E-state index in [4.69, 9.17) is 5.26 Å². The van der Waals surface area contributed by atoms with E-state index in [1.54, 1.807) is 0 Å². The van der Waals surface area contributed by atoms with Gasteiger partial charge in [0.05, 0.1) is 6.07 Å². The van der Waals surface area contributed by atoms with Crippen LogP contribution in [0.4, 0.5) is 5.69 Å². The van der Waals surface area contributed by atoms with Crippen molar-refractivity contribution in [1.29, 1.82) is 5.26 Å². The molecule has 0 spiro atoms. The number of benzene rings is 1. The summed E-state index contributed by atoms with van der Waals surface area (Å²) in [6, 6.07) is 12.8. The summed E-state index contributed by atoms with van der Waals surface area (Å²) < 4.78 is 0. The first-order valence-electron chi connectivity index (χ1n) is 6.99. The van der Waals surface area contributed by atoms with Gasteiger partial charge in [-0.15, -0.1) is 0 Å². The molecule has 1 aliphatic heterocycles. The summed E-state index contributed by atoms with van der Waals surface area (Å²) in [5.41, 5.74) is 1.30. The molecule has 0 aromatic heterocycles. The van der Waals surface area contributed by atoms with Crippen molar-refractivity contribution in [3.8, 4) is 6.07 Å². The lowest BCUT2D eigenvalue weighted by atomic mass is 10.2. The van der Waals surface area contributed by atoms with Gasteiger partial charge in [-0.05, 0) is 18.7 Å². The Balaban J connectivity index is 1.81. The molecule has 1 aromatic rings. The van der Waals surface area contributed by atoms with Crippen molar-refractivity contribution in [2.24, 2.45) is 0 Å². The zero-order chi connectivity index (χ0) is 13.5. The van der Waals surface area contributed by atoms with Crippen molar-refractivity contribution in [2.75, 3.05) is 44.2 Å². The van der Waals surface area contributed by atoms with Crippen molar-refractivity contribution >= 4 is 5.69 Å². The molecule has 1 heterocycles. The molecule has 102 valence electrons. The largest absolute Gasteiger partial charge is 0.369 e. The van der Waals surface area contributed by atoms with E-state index in [1.165, 1.54) is 5.69 Å². The van der Waals surface area contributed by atoms with Crippen LogP contribution in [0.1, 0.15) is 6.92 Å². The van der Waals surface area contributed by atoms with Crippen LogP contribution in [0.25, 0.3) is 0 Å². The lowest BCUT2D eigenvalue weighted by Gasteiger charge is -2.36. The lowest BCUT2D eigenvalue weighted by Crippen LogP contribution is -2.50. The number of hydrogen-bond donors (Lipinski definition) is 1. The number of nitrogens with one attached hydrogen (secondary N) is 1. The minimum atomic E-state index is -0.0479. The third-order valence-corrected chi connectivity index (χ3v) is 3.54. The maximum absolute atomic E-state index is 9.07. The van der Waals surface area contributed by atoms with Crippen LogP contribution in [0.15, 0.2) is 30.3 Å². The SMILES string of the molecule is CCNC(C#N)CN1CCN(c2ccccc2)CC1. The highest BCUT2D eigenvalue weighted by Crippen LogP contribution is 2.15. The van der Waals surface area contributed by atoms with Crippen LogP contribution in [-0.2, 0) is 0 Å². The molecule has 2 rings (SSSR count). The molecule has 1 aromatic carbocycles. The number of hydrogen-bond acceptors (Lipinski definition) is 4. The summed E-state index contributed by atoms with van der Waals surface area (Å²) >= 11 is 0. The molecule has 1 unspecified atom stereocenters. The zero-order valence-corrected chi connectivity index (χ0v) is 11.5. The summed E-state index contributed by atoms with van der Waals surface area (Å²) in [6.07, 6.45) is 0. The van der Waals surface area contributed by atoms with E-state index < -0.39 is 0 Å². The number of likely N-dealkylation sites (N-methyl/N-ethyl adjacent to an activating group) is 1. The molecule has 19 heavy (non-hydrogen) atoms. The van der Waals surface area contributed by atoms with E-state index in [0.29, 0.717) is 0 Å². The number of piperazine rings is 1. The first kappa shape index (κ1) is 13.9. The highest BCUT2D eigenvalue weighted by atomic mass is 15.3. The smallest absolute Gasteiger partial charge is 0.108 e. The van der Waals surface area contributed by atoms with E-state index in [1.807, 2.05) is 13.0 Å². The number of nitrogens with zero attached hydrogens (tertiary/aromatic N) is 3. The predicted molar refractivity (Wildman–Crippen MR) is 78.2 cm³/mol. The summed E-state index contributed by atoms with van der Waals surface area (Å²) in [6.45, 7) is 7.84. The second kappa shape index (κ2) is 7.13. The second-order valence-corrected chi connectivity index (χ2v) is 4.86. The number of para-hydroxylation sites is 1. The zero-order valence-electron chi connectivity index (χ0n) is 11.5. The van der Waals surface area contributed by atoms with Crippen molar-refractivity contribution in [3.05, 3.63) is 30.3 Å². The second-order valence-electron chi connectivity index (χ2n) is 4.86. The Bertz CT molecular complexity index is 404. The first-order valence-corrected chi connectivity index (χ1v) is 6.99. The minimum absolute atomic E-state index is 0.0479. The minimum Gasteiger partial charge on any atom is -0.369 e. The van der Waals surface area contributed by atoms with Crippen LogP contribution in [0.2, 0.25) is 0 Å². The van der Waals surface area contributed by atoms with E-state index in [2.05, 4.69) is 45.5 Å². The molecule has 1 atom stereocenters. The summed E-state index contributed by atoms with van der Waals surface area (Å²) in [5, 5.41) is 12.3. The van der Waals surface area contributed by atoms with Gasteiger partial charge in [-0.3, -0.25) is 4.90 Å². The number of rotatable bonds is 5. The fourth-order valence-electron chi connectivity index (χ4n) is 2.48. The van der Waals surface area contributed by atoms with Crippen LogP contribution >= 0.6 is 0 Å². The molecule has 1 fully saturated rings. The molecule has 0 bridgehead atoms. The molecule has 1 N–H and O–H groups in total. The van der Waals surface area contributed by atoms with Crippen LogP contribution in [0.5, 0.6) is 0 Å². The molecule has 1 aliphatic rings. The van der Waals surface area contributed by atoms with Crippen molar-refractivity contribution in [3.63, 3.8) is 0 Å². The quantitative estimate of drug-likeness (QED) is 0.865. The Morgan fingerprint density at radius 2 is 1.89 bits per heavy atom. The van der Waals surface area contributed by atoms with Gasteiger partial charge in [0.15, 0.2) is 0 Å². The average Bonchev–Trinajstić information content (AvgIpc) is 2.48. The average molecular weight is 258 g/mol. The Morgan fingerprint density at radius 3 is 2.47 bits per heavy atom. The van der Waals surface area contributed by atoms with Crippen LogP contribution in [-0.4, -0.2) is 50.2 Å². The monoisotopic (exact) mass is 258 g/mol. The molecule has 1 saturated heterocycles. The van der Waals surface area contributed by atoms with Gasteiger partial charge in [-0.2, -0.15) is 5.26 Å². The van der Waals surface area contributed by atoms with Crippen LogP contribution < -0.4 is 10.2 Å². The molecule has 0 aliphatic carbocycles. The topological polar surface area (TPSA) is 42.3 Å². The van der Waals surface area contributed by atoms with Crippen LogP contribution in [0, 0.1) is 11.3 Å². The summed E-state index contributed by atoms with van der Waals surface area (Å²) in [7, 11) is 0. The van der Waals surface area contributed by atoms with Crippen LogP contribution in [0.3, 0.4) is 0 Å². The van der Waals surface area contributed by atoms with Gasteiger partial charge in [0.2, 0.25) is 0 Å². The Hall–Kier alpha value is -1.57. The van der Waals surface area contributed by atoms with Gasteiger partial charge in [-0.25, -0.2) is 0 Å². The summed E-state index contributed by atoms with van der Waals surface area (Å²) in [5.74, 6) is 0. The molecule has 4 nitrogen and oxygen atoms in total. The van der Waals surface area contributed by atoms with Gasteiger partial charge in [0, 0.05) is 38.4 Å². The van der Waals surface area contributed by atoms with E-state index >= 15 is 0 Å². The number of anilines is 1. The highest BCUT2D eigenvalue weighted by molar-refractivity contribution is 5.46. The maximum atomic E-state index is 9.07. The third kappa shape index (κ3) is 3.95. The lowest BCUT2D eigenvalue weighted by molar-refractivity contribution is 0.244. The van der Waals surface area contributed by atoms with Crippen molar-refractivity contribution < 1.29 is 0 Å². The maximum Gasteiger partial charge on any atom is 0.108 e. The van der Waals surface area contributed by atoms with Gasteiger partial charge >= 0.3 is 0 Å². The van der Waals surface area contributed by atoms with E-state index in [9.17, 15) is 0 Å². The fourth-order valence-corrected chi connectivity index (χ4v) is 2.48. The molecule has 0 saturated carbocycles. The molecule has 4 heteroatoms. The third-order valence-electron chi connectivity index (χ3n) is 3.54. The Morgan fingerprint density at radius 1 is 1.21 bits per heavy atom. The molecular weight excluding hydrogens is 236 g/mol. The molecule has 0 radical (unpaired) electrons. The van der Waals surface area contributed by atoms with Gasteiger partial charge < -0.3 is 10.2 Å². The Kier molecular flexibility index (Phi) is 5.20. The standard InChI is InChI=1S/C15H22N4/c1-2-17-14(12-16)13-18-8-10-19(11-9-18)15-6-4-3-5-7-15/h3-7,14,17H,2,8-11,13H2,1H3. The Labute approximate surface area is 115 Å².